The normalized spacial score (nSPS) is 16.5. The molecule has 0 N–H and O–H groups in total. The van der Waals surface area contributed by atoms with Crippen LogP contribution in [0.1, 0.15) is 33.6 Å². The summed E-state index contributed by atoms with van der Waals surface area (Å²) in [5.41, 5.74) is 1.36. The van der Waals surface area contributed by atoms with Gasteiger partial charge < -0.3 is 4.74 Å². The number of carbonyl (C=O) groups is 2. The van der Waals surface area contributed by atoms with E-state index in [1.165, 1.54) is 4.90 Å². The zero-order valence-corrected chi connectivity index (χ0v) is 16.4. The molecule has 0 aliphatic carbocycles. The van der Waals surface area contributed by atoms with Crippen molar-refractivity contribution in [2.24, 2.45) is 0 Å². The molecule has 0 unspecified atom stereocenters. The molecule has 28 heavy (non-hydrogen) atoms. The summed E-state index contributed by atoms with van der Waals surface area (Å²) in [5, 5.41) is 0. The van der Waals surface area contributed by atoms with Crippen molar-refractivity contribution in [1.82, 2.24) is 4.90 Å². The van der Waals surface area contributed by atoms with Crippen LogP contribution in [0.4, 0.5) is 4.79 Å². The van der Waals surface area contributed by atoms with E-state index in [0.717, 1.165) is 11.1 Å². The highest BCUT2D eigenvalue weighted by atomic mass is 17.2. The molecule has 2 aromatic carbocycles. The molecular weight excluding hydrogens is 358 g/mol. The number of carbonyl (C=O) groups excluding carboxylic acids is 2. The Morgan fingerprint density at radius 2 is 1.71 bits per heavy atom. The largest absolute Gasteiger partial charge is 0.444 e. The van der Waals surface area contributed by atoms with Gasteiger partial charge in [-0.25, -0.2) is 14.5 Å². The van der Waals surface area contributed by atoms with Crippen molar-refractivity contribution in [3.05, 3.63) is 54.6 Å². The van der Waals surface area contributed by atoms with E-state index in [4.69, 9.17) is 14.5 Å². The molecule has 6 nitrogen and oxygen atoms in total. The van der Waals surface area contributed by atoms with Gasteiger partial charge in [0.25, 0.3) is 0 Å². The molecule has 1 saturated heterocycles. The van der Waals surface area contributed by atoms with Gasteiger partial charge in [0.15, 0.2) is 5.75 Å². The van der Waals surface area contributed by atoms with Gasteiger partial charge in [0.1, 0.15) is 11.6 Å². The van der Waals surface area contributed by atoms with Gasteiger partial charge in [0.05, 0.1) is 0 Å². The Morgan fingerprint density at radius 3 is 2.43 bits per heavy atom. The molecule has 1 aliphatic rings. The maximum atomic E-state index is 12.5. The summed E-state index contributed by atoms with van der Waals surface area (Å²) in [7, 11) is 0. The summed E-state index contributed by atoms with van der Waals surface area (Å²) in [6.45, 7) is 5.82. The second-order valence-electron chi connectivity index (χ2n) is 7.71. The van der Waals surface area contributed by atoms with Gasteiger partial charge in [0.2, 0.25) is 0 Å². The topological polar surface area (TPSA) is 65.1 Å². The van der Waals surface area contributed by atoms with E-state index >= 15 is 0 Å². The predicted molar refractivity (Wildman–Crippen MR) is 105 cm³/mol. The van der Waals surface area contributed by atoms with Crippen LogP contribution in [-0.4, -0.2) is 35.2 Å². The zero-order chi connectivity index (χ0) is 20.1. The molecule has 2 aromatic rings. The lowest BCUT2D eigenvalue weighted by molar-refractivity contribution is -0.218. The van der Waals surface area contributed by atoms with Crippen molar-refractivity contribution in [1.29, 1.82) is 0 Å². The van der Waals surface area contributed by atoms with Crippen LogP contribution in [-0.2, 0) is 14.4 Å². The number of ether oxygens (including phenoxy) is 1. The Hall–Kier alpha value is -3.02. The highest BCUT2D eigenvalue weighted by molar-refractivity contribution is 5.82. The minimum Gasteiger partial charge on any atom is -0.444 e. The molecule has 0 bridgehead atoms. The van der Waals surface area contributed by atoms with Gasteiger partial charge >= 0.3 is 12.1 Å². The lowest BCUT2D eigenvalue weighted by Crippen LogP contribution is -2.44. The number of rotatable bonds is 4. The molecule has 0 aromatic heterocycles. The van der Waals surface area contributed by atoms with Crippen LogP contribution in [0.25, 0.3) is 11.1 Å². The van der Waals surface area contributed by atoms with E-state index in [2.05, 4.69) is 0 Å². The fourth-order valence-electron chi connectivity index (χ4n) is 3.05. The highest BCUT2D eigenvalue weighted by Crippen LogP contribution is 2.25. The second-order valence-corrected chi connectivity index (χ2v) is 7.71. The minimum absolute atomic E-state index is 0.413. The Bertz CT molecular complexity index is 828. The fourth-order valence-corrected chi connectivity index (χ4v) is 3.05. The van der Waals surface area contributed by atoms with Gasteiger partial charge in [-0.05, 0) is 56.9 Å². The first-order valence-electron chi connectivity index (χ1n) is 9.37. The highest BCUT2D eigenvalue weighted by Gasteiger charge is 2.38. The number of nitrogens with zero attached hydrogens (tertiary/aromatic N) is 1. The van der Waals surface area contributed by atoms with E-state index in [9.17, 15) is 9.59 Å². The quantitative estimate of drug-likeness (QED) is 0.571. The van der Waals surface area contributed by atoms with Crippen molar-refractivity contribution < 1.29 is 24.1 Å². The molecule has 1 fully saturated rings. The average molecular weight is 383 g/mol. The van der Waals surface area contributed by atoms with E-state index in [0.29, 0.717) is 25.1 Å². The maximum absolute atomic E-state index is 12.5. The van der Waals surface area contributed by atoms with Crippen molar-refractivity contribution in [3.63, 3.8) is 0 Å². The number of hydrogen-bond donors (Lipinski definition) is 0. The van der Waals surface area contributed by atoms with Gasteiger partial charge in [-0.1, -0.05) is 42.5 Å². The SMILES string of the molecule is CC(C)(C)OC(=O)N1CCC[C@H]1C(=O)OOc1cccc(-c2ccccc2)c1. The van der Waals surface area contributed by atoms with E-state index in [1.54, 1.807) is 32.9 Å². The molecule has 1 heterocycles. The fraction of sp³-hybridized carbons (Fsp3) is 0.364. The standard InChI is InChI=1S/C22H25NO5/c1-22(2,3)26-21(25)23-14-8-13-19(23)20(24)28-27-18-12-7-11-17(15-18)16-9-5-4-6-10-16/h4-7,9-12,15,19H,8,13-14H2,1-3H3/t19-/m0/s1. The van der Waals surface area contributed by atoms with E-state index in [1.807, 2.05) is 42.5 Å². The summed E-state index contributed by atoms with van der Waals surface area (Å²) in [6, 6.07) is 16.4. The first-order chi connectivity index (χ1) is 13.3. The molecule has 0 saturated carbocycles. The van der Waals surface area contributed by atoms with Crippen LogP contribution in [0.3, 0.4) is 0 Å². The third-order valence-electron chi connectivity index (χ3n) is 4.31. The van der Waals surface area contributed by atoms with Crippen molar-refractivity contribution in [2.75, 3.05) is 6.54 Å². The maximum Gasteiger partial charge on any atom is 0.411 e. The molecule has 1 amide bonds. The smallest absolute Gasteiger partial charge is 0.411 e. The molecule has 1 aliphatic heterocycles. The summed E-state index contributed by atoms with van der Waals surface area (Å²) < 4.78 is 5.37. The Morgan fingerprint density at radius 1 is 1.00 bits per heavy atom. The Labute approximate surface area is 164 Å². The van der Waals surface area contributed by atoms with Gasteiger partial charge in [-0.2, -0.15) is 0 Å². The number of amides is 1. The van der Waals surface area contributed by atoms with Crippen molar-refractivity contribution >= 4 is 12.1 Å². The number of hydrogen-bond acceptors (Lipinski definition) is 5. The van der Waals surface area contributed by atoms with Crippen LogP contribution < -0.4 is 4.89 Å². The lowest BCUT2D eigenvalue weighted by Gasteiger charge is -2.27. The van der Waals surface area contributed by atoms with Crippen LogP contribution in [0.2, 0.25) is 0 Å². The van der Waals surface area contributed by atoms with Crippen LogP contribution in [0, 0.1) is 0 Å². The van der Waals surface area contributed by atoms with Gasteiger partial charge in [-0.3, -0.25) is 9.79 Å². The third kappa shape index (κ3) is 5.03. The van der Waals surface area contributed by atoms with E-state index < -0.39 is 23.7 Å². The molecule has 3 rings (SSSR count). The first kappa shape index (κ1) is 19.7. The van der Waals surface area contributed by atoms with Gasteiger partial charge in [-0.15, -0.1) is 0 Å². The second kappa shape index (κ2) is 8.33. The summed E-state index contributed by atoms with van der Waals surface area (Å²) >= 11 is 0. The summed E-state index contributed by atoms with van der Waals surface area (Å²) in [5.74, 6) is -0.190. The van der Waals surface area contributed by atoms with E-state index in [-0.39, 0.29) is 0 Å². The monoisotopic (exact) mass is 383 g/mol. The van der Waals surface area contributed by atoms with Crippen molar-refractivity contribution in [2.45, 2.75) is 45.3 Å². The number of likely N-dealkylation sites (tertiary alicyclic amines) is 1. The Balaban J connectivity index is 1.61. The first-order valence-corrected chi connectivity index (χ1v) is 9.37. The molecular formula is C22H25NO5. The minimum atomic E-state index is -0.702. The molecule has 0 radical (unpaired) electrons. The molecule has 1 atom stereocenters. The molecule has 6 heteroatoms. The van der Waals surface area contributed by atoms with Crippen LogP contribution in [0.5, 0.6) is 5.75 Å². The summed E-state index contributed by atoms with van der Waals surface area (Å²) in [4.78, 5) is 36.4. The molecule has 0 spiro atoms. The predicted octanol–water partition coefficient (Wildman–Crippen LogP) is 4.59. The lowest BCUT2D eigenvalue weighted by atomic mass is 10.1. The Kier molecular flexibility index (Phi) is 5.87. The number of benzene rings is 2. The third-order valence-corrected chi connectivity index (χ3v) is 4.31. The molecule has 148 valence electrons. The average Bonchev–Trinajstić information content (AvgIpc) is 3.16. The van der Waals surface area contributed by atoms with Gasteiger partial charge in [0, 0.05) is 6.54 Å². The van der Waals surface area contributed by atoms with Crippen LogP contribution >= 0.6 is 0 Å². The summed E-state index contributed by atoms with van der Waals surface area (Å²) in [6.07, 6.45) is 0.714. The zero-order valence-electron chi connectivity index (χ0n) is 16.4. The van der Waals surface area contributed by atoms with Crippen molar-refractivity contribution in [3.8, 4) is 16.9 Å². The van der Waals surface area contributed by atoms with Crippen LogP contribution in [0.15, 0.2) is 54.6 Å².